The predicted octanol–water partition coefficient (Wildman–Crippen LogP) is -0.275. The predicted molar refractivity (Wildman–Crippen MR) is 40.0 cm³/mol. The van der Waals surface area contributed by atoms with Crippen molar-refractivity contribution in [3.63, 3.8) is 0 Å². The van der Waals surface area contributed by atoms with Crippen molar-refractivity contribution < 1.29 is 29.3 Å². The van der Waals surface area contributed by atoms with E-state index in [1.54, 1.807) is 0 Å². The highest BCUT2D eigenvalue weighted by Crippen LogP contribution is 2.08. The second-order valence-electron chi connectivity index (χ2n) is 2.39. The maximum absolute atomic E-state index is 10.4. The Labute approximate surface area is 74.1 Å². The molecule has 2 N–H and O–H groups in total. The van der Waals surface area contributed by atoms with Crippen LogP contribution < -0.4 is 0 Å². The SMILES string of the molecule is O=COCCC(CC(=O)O)C(=O)O. The average Bonchev–Trinajstić information content (AvgIpc) is 2.02. The molecule has 0 saturated heterocycles. The van der Waals surface area contributed by atoms with Crippen LogP contribution in [-0.4, -0.2) is 35.2 Å². The fourth-order valence-corrected chi connectivity index (χ4v) is 0.782. The molecule has 0 bridgehead atoms. The van der Waals surface area contributed by atoms with Gasteiger partial charge in [-0.25, -0.2) is 0 Å². The smallest absolute Gasteiger partial charge is 0.307 e. The van der Waals surface area contributed by atoms with Crippen LogP contribution in [0.25, 0.3) is 0 Å². The monoisotopic (exact) mass is 190 g/mol. The molecule has 6 nitrogen and oxygen atoms in total. The Hall–Kier alpha value is -1.59. The lowest BCUT2D eigenvalue weighted by Gasteiger charge is -2.07. The first-order valence-electron chi connectivity index (χ1n) is 3.57. The highest BCUT2D eigenvalue weighted by atomic mass is 16.5. The molecule has 0 fully saturated rings. The summed E-state index contributed by atoms with van der Waals surface area (Å²) in [6.45, 7) is 0.118. The van der Waals surface area contributed by atoms with Crippen molar-refractivity contribution in [1.82, 2.24) is 0 Å². The first kappa shape index (κ1) is 11.4. The van der Waals surface area contributed by atoms with Crippen LogP contribution in [0, 0.1) is 5.92 Å². The van der Waals surface area contributed by atoms with Crippen LogP contribution in [-0.2, 0) is 19.1 Å². The lowest BCUT2D eigenvalue weighted by Crippen LogP contribution is -2.19. The summed E-state index contributed by atoms with van der Waals surface area (Å²) in [5.41, 5.74) is 0. The number of aliphatic carboxylic acids is 2. The van der Waals surface area contributed by atoms with Gasteiger partial charge in [0.25, 0.3) is 6.47 Å². The number of carboxylic acid groups (broad SMARTS) is 2. The molecular formula is C7H10O6. The number of hydrogen-bond donors (Lipinski definition) is 2. The van der Waals surface area contributed by atoms with Crippen LogP contribution in [0.1, 0.15) is 12.8 Å². The molecule has 0 amide bonds. The summed E-state index contributed by atoms with van der Waals surface area (Å²) >= 11 is 0. The number of carbonyl (C=O) groups excluding carboxylic acids is 1. The molecular weight excluding hydrogens is 180 g/mol. The number of carboxylic acids is 2. The quantitative estimate of drug-likeness (QED) is 0.423. The van der Waals surface area contributed by atoms with Crippen LogP contribution in [0.4, 0.5) is 0 Å². The second-order valence-corrected chi connectivity index (χ2v) is 2.39. The van der Waals surface area contributed by atoms with E-state index in [4.69, 9.17) is 10.2 Å². The van der Waals surface area contributed by atoms with Gasteiger partial charge in [0.05, 0.1) is 18.9 Å². The summed E-state index contributed by atoms with van der Waals surface area (Å²) in [6.07, 6.45) is -0.447. The van der Waals surface area contributed by atoms with Gasteiger partial charge in [-0.3, -0.25) is 14.4 Å². The molecule has 1 atom stereocenters. The van der Waals surface area contributed by atoms with E-state index in [2.05, 4.69) is 4.74 Å². The molecule has 0 aromatic carbocycles. The van der Waals surface area contributed by atoms with E-state index in [1.165, 1.54) is 0 Å². The largest absolute Gasteiger partial charge is 0.481 e. The zero-order chi connectivity index (χ0) is 10.3. The number of hydrogen-bond acceptors (Lipinski definition) is 4. The lowest BCUT2D eigenvalue weighted by atomic mass is 10.0. The zero-order valence-electron chi connectivity index (χ0n) is 6.80. The Kier molecular flexibility index (Phi) is 5.25. The van der Waals surface area contributed by atoms with Crippen LogP contribution in [0.5, 0.6) is 0 Å². The normalized spacial score (nSPS) is 11.7. The minimum absolute atomic E-state index is 0.0143. The van der Waals surface area contributed by atoms with Gasteiger partial charge in [0.1, 0.15) is 0 Å². The van der Waals surface area contributed by atoms with E-state index in [0.717, 1.165) is 0 Å². The summed E-state index contributed by atoms with van der Waals surface area (Å²) in [4.78, 5) is 30.3. The molecule has 13 heavy (non-hydrogen) atoms. The molecule has 0 aromatic rings. The fraction of sp³-hybridized carbons (Fsp3) is 0.571. The zero-order valence-corrected chi connectivity index (χ0v) is 6.80. The van der Waals surface area contributed by atoms with Gasteiger partial charge in [-0.05, 0) is 6.42 Å². The van der Waals surface area contributed by atoms with Crippen molar-refractivity contribution in [2.45, 2.75) is 12.8 Å². The summed E-state index contributed by atoms with van der Waals surface area (Å²) in [5.74, 6) is -3.38. The highest BCUT2D eigenvalue weighted by molar-refractivity contribution is 5.77. The van der Waals surface area contributed by atoms with Gasteiger partial charge in [-0.2, -0.15) is 0 Å². The maximum Gasteiger partial charge on any atom is 0.307 e. The molecule has 0 aliphatic carbocycles. The molecule has 0 aromatic heterocycles. The molecule has 1 unspecified atom stereocenters. The van der Waals surface area contributed by atoms with Gasteiger partial charge in [0, 0.05) is 0 Å². The first-order chi connectivity index (χ1) is 6.07. The van der Waals surface area contributed by atoms with Gasteiger partial charge in [-0.15, -0.1) is 0 Å². The molecule has 0 aliphatic heterocycles. The standard InChI is InChI=1S/C7H10O6/c8-4-13-2-1-5(7(11)12)3-6(9)10/h4-5H,1-3H2,(H,9,10)(H,11,12). The Morgan fingerprint density at radius 3 is 2.38 bits per heavy atom. The van der Waals surface area contributed by atoms with Crippen LogP contribution in [0.2, 0.25) is 0 Å². The molecule has 0 heterocycles. The van der Waals surface area contributed by atoms with Crippen molar-refractivity contribution >= 4 is 18.4 Å². The number of ether oxygens (including phenoxy) is 1. The van der Waals surface area contributed by atoms with Crippen LogP contribution >= 0.6 is 0 Å². The summed E-state index contributed by atoms with van der Waals surface area (Å²) in [5, 5.41) is 16.8. The molecule has 74 valence electrons. The Bertz CT molecular complexity index is 199. The van der Waals surface area contributed by atoms with E-state index in [1.807, 2.05) is 0 Å². The van der Waals surface area contributed by atoms with E-state index in [0.29, 0.717) is 0 Å². The third-order valence-electron chi connectivity index (χ3n) is 1.42. The molecule has 0 saturated carbocycles. The first-order valence-corrected chi connectivity index (χ1v) is 3.57. The fourth-order valence-electron chi connectivity index (χ4n) is 0.782. The Balaban J connectivity index is 3.87. The Morgan fingerprint density at radius 1 is 1.38 bits per heavy atom. The Morgan fingerprint density at radius 2 is 2.00 bits per heavy atom. The molecule has 0 spiro atoms. The van der Waals surface area contributed by atoms with Gasteiger partial charge >= 0.3 is 11.9 Å². The highest BCUT2D eigenvalue weighted by Gasteiger charge is 2.20. The van der Waals surface area contributed by atoms with Gasteiger partial charge in [0.15, 0.2) is 0 Å². The molecule has 0 radical (unpaired) electrons. The van der Waals surface area contributed by atoms with Crippen molar-refractivity contribution in [2.24, 2.45) is 5.92 Å². The average molecular weight is 190 g/mol. The second kappa shape index (κ2) is 5.99. The van der Waals surface area contributed by atoms with Crippen molar-refractivity contribution in [1.29, 1.82) is 0 Å². The molecule has 0 rings (SSSR count). The van der Waals surface area contributed by atoms with Gasteiger partial charge < -0.3 is 14.9 Å². The van der Waals surface area contributed by atoms with E-state index in [-0.39, 0.29) is 19.5 Å². The molecule has 6 heteroatoms. The minimum atomic E-state index is -1.20. The summed E-state index contributed by atoms with van der Waals surface area (Å²) in [6, 6.07) is 0. The van der Waals surface area contributed by atoms with Crippen LogP contribution in [0.15, 0.2) is 0 Å². The van der Waals surface area contributed by atoms with Crippen LogP contribution in [0.3, 0.4) is 0 Å². The number of carbonyl (C=O) groups is 3. The lowest BCUT2D eigenvalue weighted by molar-refractivity contribution is -0.149. The van der Waals surface area contributed by atoms with Crippen molar-refractivity contribution in [3.8, 4) is 0 Å². The topological polar surface area (TPSA) is 101 Å². The van der Waals surface area contributed by atoms with Gasteiger partial charge in [-0.1, -0.05) is 0 Å². The third kappa shape index (κ3) is 5.66. The molecule has 0 aliphatic rings. The third-order valence-corrected chi connectivity index (χ3v) is 1.42. The van der Waals surface area contributed by atoms with E-state index >= 15 is 0 Å². The summed E-state index contributed by atoms with van der Waals surface area (Å²) in [7, 11) is 0. The number of rotatable bonds is 7. The minimum Gasteiger partial charge on any atom is -0.481 e. The maximum atomic E-state index is 10.4. The van der Waals surface area contributed by atoms with Crippen molar-refractivity contribution in [2.75, 3.05) is 6.61 Å². The van der Waals surface area contributed by atoms with E-state index in [9.17, 15) is 14.4 Å². The van der Waals surface area contributed by atoms with Gasteiger partial charge in [0.2, 0.25) is 0 Å². The van der Waals surface area contributed by atoms with Crippen molar-refractivity contribution in [3.05, 3.63) is 0 Å². The van der Waals surface area contributed by atoms with E-state index < -0.39 is 24.3 Å². The summed E-state index contributed by atoms with van der Waals surface area (Å²) < 4.78 is 4.26.